The molecule has 3 N–H and O–H groups in total. The van der Waals surface area contributed by atoms with E-state index in [1.54, 1.807) is 12.3 Å². The fourth-order valence-electron chi connectivity index (χ4n) is 2.08. The summed E-state index contributed by atoms with van der Waals surface area (Å²) in [4.78, 5) is 2.06. The van der Waals surface area contributed by atoms with Gasteiger partial charge in [0.25, 0.3) is 0 Å². The highest BCUT2D eigenvalue weighted by molar-refractivity contribution is 5.53. The van der Waals surface area contributed by atoms with Crippen molar-refractivity contribution in [1.82, 2.24) is 0 Å². The number of hydrogen-bond donors (Lipinski definition) is 2. The number of phenolic OH excluding ortho intramolecular Hbond substituents is 1. The van der Waals surface area contributed by atoms with Crippen LogP contribution in [0.25, 0.3) is 0 Å². The van der Waals surface area contributed by atoms with E-state index in [1.165, 1.54) is 0 Å². The molecule has 1 atom stereocenters. The van der Waals surface area contributed by atoms with Crippen molar-refractivity contribution in [2.45, 2.75) is 26.4 Å². The largest absolute Gasteiger partial charge is 0.508 e. The first-order chi connectivity index (χ1) is 8.99. The van der Waals surface area contributed by atoms with Crippen LogP contribution in [0.2, 0.25) is 0 Å². The van der Waals surface area contributed by atoms with Gasteiger partial charge in [-0.25, -0.2) is 0 Å². The minimum absolute atomic E-state index is 0.171. The zero-order valence-electron chi connectivity index (χ0n) is 11.6. The van der Waals surface area contributed by atoms with Gasteiger partial charge in [0.2, 0.25) is 0 Å². The molecule has 4 heteroatoms. The van der Waals surface area contributed by atoms with Gasteiger partial charge in [-0.2, -0.15) is 0 Å². The fourth-order valence-corrected chi connectivity index (χ4v) is 2.08. The summed E-state index contributed by atoms with van der Waals surface area (Å²) in [6.07, 6.45) is 1.69. The predicted molar refractivity (Wildman–Crippen MR) is 76.3 cm³/mol. The zero-order valence-corrected chi connectivity index (χ0v) is 11.6. The highest BCUT2D eigenvalue weighted by atomic mass is 16.3. The number of rotatable bonds is 4. The molecule has 1 heterocycles. The van der Waals surface area contributed by atoms with Crippen LogP contribution >= 0.6 is 0 Å². The summed E-state index contributed by atoms with van der Waals surface area (Å²) in [5, 5.41) is 9.97. The second-order valence-corrected chi connectivity index (χ2v) is 4.89. The lowest BCUT2D eigenvalue weighted by atomic mass is 10.1. The number of benzene rings is 1. The topological polar surface area (TPSA) is 62.6 Å². The third-order valence-corrected chi connectivity index (χ3v) is 3.32. The maximum atomic E-state index is 9.97. The number of hydrogen-bond acceptors (Lipinski definition) is 4. The Morgan fingerprint density at radius 2 is 2.11 bits per heavy atom. The van der Waals surface area contributed by atoms with Crippen molar-refractivity contribution < 1.29 is 9.52 Å². The van der Waals surface area contributed by atoms with Gasteiger partial charge in [0.1, 0.15) is 11.5 Å². The summed E-state index contributed by atoms with van der Waals surface area (Å²) in [6.45, 7) is 4.53. The third kappa shape index (κ3) is 2.90. The van der Waals surface area contributed by atoms with Crippen LogP contribution in [-0.4, -0.2) is 12.2 Å². The highest BCUT2D eigenvalue weighted by Crippen LogP contribution is 2.28. The van der Waals surface area contributed by atoms with Gasteiger partial charge < -0.3 is 20.2 Å². The monoisotopic (exact) mass is 260 g/mol. The summed E-state index contributed by atoms with van der Waals surface area (Å²) in [5.74, 6) is 1.16. The SMILES string of the molecule is Cc1occc1CN(C)c1ccc(C(C)N)c(O)c1. The van der Waals surface area contributed by atoms with E-state index in [0.29, 0.717) is 0 Å². The van der Waals surface area contributed by atoms with Crippen LogP contribution in [0.1, 0.15) is 29.9 Å². The number of nitrogens with two attached hydrogens (primary N) is 1. The summed E-state index contributed by atoms with van der Waals surface area (Å²) < 4.78 is 5.28. The number of nitrogens with zero attached hydrogens (tertiary/aromatic N) is 1. The molecule has 1 aromatic heterocycles. The Morgan fingerprint density at radius 1 is 1.37 bits per heavy atom. The van der Waals surface area contributed by atoms with Crippen molar-refractivity contribution in [3.05, 3.63) is 47.4 Å². The van der Waals surface area contributed by atoms with E-state index in [-0.39, 0.29) is 11.8 Å². The van der Waals surface area contributed by atoms with E-state index in [9.17, 15) is 5.11 Å². The Hall–Kier alpha value is -1.94. The Bertz CT molecular complexity index is 561. The first-order valence-electron chi connectivity index (χ1n) is 6.31. The molecule has 1 unspecified atom stereocenters. The van der Waals surface area contributed by atoms with Gasteiger partial charge in [0.15, 0.2) is 0 Å². The van der Waals surface area contributed by atoms with Gasteiger partial charge >= 0.3 is 0 Å². The molecular weight excluding hydrogens is 240 g/mol. The van der Waals surface area contributed by atoms with Gasteiger partial charge in [-0.1, -0.05) is 6.07 Å². The molecule has 0 aliphatic carbocycles. The van der Waals surface area contributed by atoms with Crippen LogP contribution in [0.3, 0.4) is 0 Å². The predicted octanol–water partition coefficient (Wildman–Crippen LogP) is 2.95. The minimum Gasteiger partial charge on any atom is -0.508 e. The molecule has 19 heavy (non-hydrogen) atoms. The number of anilines is 1. The minimum atomic E-state index is -0.171. The standard InChI is InChI=1S/C15H20N2O2/c1-10(16)14-5-4-13(8-15(14)18)17(3)9-12-6-7-19-11(12)2/h4-8,10,18H,9,16H2,1-3H3. The highest BCUT2D eigenvalue weighted by Gasteiger charge is 2.10. The van der Waals surface area contributed by atoms with Crippen LogP contribution < -0.4 is 10.6 Å². The average Bonchev–Trinajstić information content (AvgIpc) is 2.74. The number of aryl methyl sites for hydroxylation is 1. The normalized spacial score (nSPS) is 12.4. The van der Waals surface area contributed by atoms with Crippen LogP contribution in [-0.2, 0) is 6.54 Å². The van der Waals surface area contributed by atoms with Gasteiger partial charge in [-0.15, -0.1) is 0 Å². The van der Waals surface area contributed by atoms with E-state index < -0.39 is 0 Å². The summed E-state index contributed by atoms with van der Waals surface area (Å²) in [6, 6.07) is 7.37. The lowest BCUT2D eigenvalue weighted by molar-refractivity contribution is 0.464. The lowest BCUT2D eigenvalue weighted by Gasteiger charge is -2.20. The number of aromatic hydroxyl groups is 1. The second-order valence-electron chi connectivity index (χ2n) is 4.89. The molecule has 2 rings (SSSR count). The van der Waals surface area contributed by atoms with E-state index in [2.05, 4.69) is 4.90 Å². The number of phenols is 1. The molecule has 2 aromatic rings. The van der Waals surface area contributed by atoms with Crippen LogP contribution in [0.15, 0.2) is 34.9 Å². The molecule has 0 amide bonds. The van der Waals surface area contributed by atoms with E-state index in [4.69, 9.17) is 10.2 Å². The lowest BCUT2D eigenvalue weighted by Crippen LogP contribution is -2.16. The van der Waals surface area contributed by atoms with E-state index in [1.807, 2.05) is 39.1 Å². The van der Waals surface area contributed by atoms with Crippen molar-refractivity contribution in [3.63, 3.8) is 0 Å². The Kier molecular flexibility index (Phi) is 3.81. The summed E-state index contributed by atoms with van der Waals surface area (Å²) in [7, 11) is 1.98. The van der Waals surface area contributed by atoms with E-state index >= 15 is 0 Å². The quantitative estimate of drug-likeness (QED) is 0.887. The smallest absolute Gasteiger partial charge is 0.122 e. The van der Waals surface area contributed by atoms with Crippen LogP contribution in [0.4, 0.5) is 5.69 Å². The van der Waals surface area contributed by atoms with Crippen LogP contribution in [0, 0.1) is 6.92 Å². The maximum Gasteiger partial charge on any atom is 0.122 e. The Labute approximate surface area is 113 Å². The first-order valence-corrected chi connectivity index (χ1v) is 6.31. The summed E-state index contributed by atoms with van der Waals surface area (Å²) >= 11 is 0. The van der Waals surface area contributed by atoms with Gasteiger partial charge in [0.05, 0.1) is 6.26 Å². The average molecular weight is 260 g/mol. The van der Waals surface area contributed by atoms with Crippen molar-refractivity contribution >= 4 is 5.69 Å². The number of furan rings is 1. The van der Waals surface area contributed by atoms with Crippen LogP contribution in [0.5, 0.6) is 5.75 Å². The molecule has 1 aromatic carbocycles. The molecular formula is C15H20N2O2. The molecule has 0 saturated heterocycles. The molecule has 0 fully saturated rings. The maximum absolute atomic E-state index is 9.97. The molecule has 0 bridgehead atoms. The molecule has 0 aliphatic heterocycles. The fraction of sp³-hybridized carbons (Fsp3) is 0.333. The molecule has 0 aliphatic rings. The molecule has 102 valence electrons. The molecule has 0 spiro atoms. The van der Waals surface area contributed by atoms with Gasteiger partial charge in [0, 0.05) is 42.5 Å². The molecule has 0 saturated carbocycles. The zero-order chi connectivity index (χ0) is 14.0. The van der Waals surface area contributed by atoms with Gasteiger partial charge in [-0.3, -0.25) is 0 Å². The molecule has 0 radical (unpaired) electrons. The first kappa shape index (κ1) is 13.5. The molecule has 4 nitrogen and oxygen atoms in total. The third-order valence-electron chi connectivity index (χ3n) is 3.32. The van der Waals surface area contributed by atoms with Crippen molar-refractivity contribution in [2.24, 2.45) is 5.73 Å². The second kappa shape index (κ2) is 5.36. The van der Waals surface area contributed by atoms with Crippen molar-refractivity contribution in [3.8, 4) is 5.75 Å². The Morgan fingerprint density at radius 3 is 2.63 bits per heavy atom. The van der Waals surface area contributed by atoms with Crippen molar-refractivity contribution in [2.75, 3.05) is 11.9 Å². The Balaban J connectivity index is 2.18. The van der Waals surface area contributed by atoms with Crippen molar-refractivity contribution in [1.29, 1.82) is 0 Å². The van der Waals surface area contributed by atoms with Gasteiger partial charge in [-0.05, 0) is 26.0 Å². The summed E-state index contributed by atoms with van der Waals surface area (Å²) in [5.41, 5.74) is 8.63. The van der Waals surface area contributed by atoms with E-state index in [0.717, 1.165) is 29.1 Å².